The van der Waals surface area contributed by atoms with Gasteiger partial charge in [0.05, 0.1) is 11.9 Å². The first-order valence-corrected chi connectivity index (χ1v) is 4.72. The molecule has 3 aromatic rings. The van der Waals surface area contributed by atoms with Crippen molar-refractivity contribution in [3.63, 3.8) is 0 Å². The molecule has 0 saturated carbocycles. The first-order chi connectivity index (χ1) is 7.33. The number of anilines is 1. The highest BCUT2D eigenvalue weighted by atomic mass is 15.3. The molecule has 15 heavy (non-hydrogen) atoms. The van der Waals surface area contributed by atoms with Crippen LogP contribution in [0.3, 0.4) is 0 Å². The number of fused-ring (bicyclic) bond motifs is 1. The Kier molecular flexibility index (Phi) is 1.56. The number of hydrogen-bond donors (Lipinski definition) is 2. The number of aromatic amines is 1. The van der Waals surface area contributed by atoms with Gasteiger partial charge in [-0.1, -0.05) is 30.3 Å². The summed E-state index contributed by atoms with van der Waals surface area (Å²) in [5, 5.41) is 2.98. The number of nitrogen functional groups attached to an aromatic ring is 1. The van der Waals surface area contributed by atoms with Crippen LogP contribution in [0.5, 0.6) is 0 Å². The molecule has 0 spiro atoms. The highest BCUT2D eigenvalue weighted by Crippen LogP contribution is 2.19. The fraction of sp³-hybridized carbons (Fsp3) is 0. The van der Waals surface area contributed by atoms with E-state index in [4.69, 9.17) is 5.73 Å². The van der Waals surface area contributed by atoms with Crippen LogP contribution in [0.1, 0.15) is 0 Å². The second-order valence-electron chi connectivity index (χ2n) is 3.43. The Morgan fingerprint density at radius 3 is 2.73 bits per heavy atom. The fourth-order valence-electron chi connectivity index (χ4n) is 1.64. The largest absolute Gasteiger partial charge is 0.384 e. The Bertz CT molecular complexity index is 560. The van der Waals surface area contributed by atoms with E-state index in [-0.39, 0.29) is 0 Å². The summed E-state index contributed by atoms with van der Waals surface area (Å²) >= 11 is 0. The molecule has 0 atom stereocenters. The van der Waals surface area contributed by atoms with E-state index in [1.54, 1.807) is 0 Å². The van der Waals surface area contributed by atoms with Crippen molar-refractivity contribution in [2.45, 2.75) is 0 Å². The maximum absolute atomic E-state index is 5.61. The van der Waals surface area contributed by atoms with E-state index in [9.17, 15) is 0 Å². The zero-order valence-corrected chi connectivity index (χ0v) is 8.01. The van der Waals surface area contributed by atoms with Crippen LogP contribution in [-0.4, -0.2) is 14.6 Å². The summed E-state index contributed by atoms with van der Waals surface area (Å²) in [5.41, 5.74) is 8.50. The molecule has 2 aromatic heterocycles. The van der Waals surface area contributed by atoms with E-state index in [1.165, 1.54) is 0 Å². The quantitative estimate of drug-likeness (QED) is 0.627. The SMILES string of the molecule is Nc1cc2nc(-c3ccccc3)cn2[nH]1. The molecular formula is C11H10N4. The van der Waals surface area contributed by atoms with E-state index in [0.717, 1.165) is 16.9 Å². The molecule has 0 radical (unpaired) electrons. The minimum atomic E-state index is 0.622. The molecule has 0 bridgehead atoms. The molecule has 3 N–H and O–H groups in total. The third-order valence-electron chi connectivity index (χ3n) is 2.34. The van der Waals surface area contributed by atoms with Crippen molar-refractivity contribution in [2.24, 2.45) is 0 Å². The Morgan fingerprint density at radius 1 is 1.20 bits per heavy atom. The van der Waals surface area contributed by atoms with Gasteiger partial charge in [0.25, 0.3) is 0 Å². The predicted molar refractivity (Wildman–Crippen MR) is 59.4 cm³/mol. The third-order valence-corrected chi connectivity index (χ3v) is 2.34. The Balaban J connectivity index is 2.16. The normalized spacial score (nSPS) is 10.9. The number of benzene rings is 1. The molecule has 74 valence electrons. The van der Waals surface area contributed by atoms with Gasteiger partial charge >= 0.3 is 0 Å². The Hall–Kier alpha value is -2.23. The molecule has 3 rings (SSSR count). The first kappa shape index (κ1) is 8.11. The van der Waals surface area contributed by atoms with Gasteiger partial charge in [-0.2, -0.15) is 0 Å². The van der Waals surface area contributed by atoms with Gasteiger partial charge < -0.3 is 5.73 Å². The lowest BCUT2D eigenvalue weighted by Gasteiger charge is -1.93. The summed E-state index contributed by atoms with van der Waals surface area (Å²) in [6, 6.07) is 11.9. The zero-order valence-electron chi connectivity index (χ0n) is 8.01. The van der Waals surface area contributed by atoms with E-state index in [2.05, 4.69) is 10.1 Å². The summed E-state index contributed by atoms with van der Waals surface area (Å²) < 4.78 is 1.82. The number of hydrogen-bond acceptors (Lipinski definition) is 2. The monoisotopic (exact) mass is 198 g/mol. The number of aromatic nitrogens is 3. The van der Waals surface area contributed by atoms with Crippen molar-refractivity contribution >= 4 is 11.5 Å². The van der Waals surface area contributed by atoms with E-state index in [1.807, 2.05) is 47.1 Å². The van der Waals surface area contributed by atoms with Crippen LogP contribution in [0.15, 0.2) is 42.6 Å². The lowest BCUT2D eigenvalue weighted by molar-refractivity contribution is 0.981. The summed E-state index contributed by atoms with van der Waals surface area (Å²) in [6.45, 7) is 0. The zero-order chi connectivity index (χ0) is 10.3. The van der Waals surface area contributed by atoms with E-state index < -0.39 is 0 Å². The van der Waals surface area contributed by atoms with Crippen molar-refractivity contribution in [2.75, 3.05) is 5.73 Å². The average Bonchev–Trinajstić information content (AvgIpc) is 2.76. The van der Waals surface area contributed by atoms with Crippen molar-refractivity contribution in [3.05, 3.63) is 42.6 Å². The summed E-state index contributed by atoms with van der Waals surface area (Å²) in [7, 11) is 0. The smallest absolute Gasteiger partial charge is 0.155 e. The molecule has 0 aliphatic carbocycles. The minimum Gasteiger partial charge on any atom is -0.384 e. The molecule has 0 saturated heterocycles. The second kappa shape index (κ2) is 2.88. The average molecular weight is 198 g/mol. The highest BCUT2D eigenvalue weighted by Gasteiger charge is 2.04. The molecule has 0 amide bonds. The van der Waals surface area contributed by atoms with Crippen LogP contribution in [0.4, 0.5) is 5.82 Å². The molecule has 0 aliphatic rings. The third kappa shape index (κ3) is 1.27. The van der Waals surface area contributed by atoms with E-state index in [0.29, 0.717) is 5.82 Å². The lowest BCUT2D eigenvalue weighted by Crippen LogP contribution is -1.86. The maximum Gasteiger partial charge on any atom is 0.155 e. The van der Waals surface area contributed by atoms with Crippen molar-refractivity contribution < 1.29 is 0 Å². The number of nitrogens with zero attached hydrogens (tertiary/aromatic N) is 2. The van der Waals surface area contributed by atoms with Crippen LogP contribution in [0.2, 0.25) is 0 Å². The molecule has 0 fully saturated rings. The van der Waals surface area contributed by atoms with Gasteiger partial charge in [0.15, 0.2) is 5.65 Å². The fourth-order valence-corrected chi connectivity index (χ4v) is 1.64. The second-order valence-corrected chi connectivity index (χ2v) is 3.43. The Morgan fingerprint density at radius 2 is 2.00 bits per heavy atom. The number of nitrogens with one attached hydrogen (secondary N) is 1. The summed E-state index contributed by atoms with van der Waals surface area (Å²) in [6.07, 6.45) is 1.93. The van der Waals surface area contributed by atoms with Gasteiger partial charge in [0.2, 0.25) is 0 Å². The lowest BCUT2D eigenvalue weighted by atomic mass is 10.2. The topological polar surface area (TPSA) is 59.1 Å². The van der Waals surface area contributed by atoms with Gasteiger partial charge in [0, 0.05) is 11.6 Å². The van der Waals surface area contributed by atoms with Crippen molar-refractivity contribution in [3.8, 4) is 11.3 Å². The minimum absolute atomic E-state index is 0.622. The van der Waals surface area contributed by atoms with Crippen molar-refractivity contribution in [1.29, 1.82) is 0 Å². The summed E-state index contributed by atoms with van der Waals surface area (Å²) in [5.74, 6) is 0.622. The highest BCUT2D eigenvalue weighted by molar-refractivity contribution is 5.63. The molecule has 4 heteroatoms. The van der Waals surface area contributed by atoms with Gasteiger partial charge in [-0.25, -0.2) is 9.50 Å². The first-order valence-electron chi connectivity index (χ1n) is 4.72. The van der Waals surface area contributed by atoms with Gasteiger partial charge in [-0.05, 0) is 0 Å². The summed E-state index contributed by atoms with van der Waals surface area (Å²) in [4.78, 5) is 4.46. The van der Waals surface area contributed by atoms with Gasteiger partial charge in [-0.3, -0.25) is 5.10 Å². The predicted octanol–water partition coefficient (Wildman–Crippen LogP) is 1.91. The number of rotatable bonds is 1. The Labute approximate surface area is 86.3 Å². The van der Waals surface area contributed by atoms with E-state index >= 15 is 0 Å². The molecule has 2 heterocycles. The van der Waals surface area contributed by atoms with Gasteiger partial charge in [-0.15, -0.1) is 0 Å². The maximum atomic E-state index is 5.61. The molecular weight excluding hydrogens is 188 g/mol. The molecule has 4 nitrogen and oxygen atoms in total. The molecule has 0 aliphatic heterocycles. The van der Waals surface area contributed by atoms with Crippen molar-refractivity contribution in [1.82, 2.24) is 14.6 Å². The van der Waals surface area contributed by atoms with Crippen LogP contribution < -0.4 is 5.73 Å². The van der Waals surface area contributed by atoms with Gasteiger partial charge in [0.1, 0.15) is 5.82 Å². The van der Waals surface area contributed by atoms with Crippen LogP contribution in [-0.2, 0) is 0 Å². The molecule has 0 unspecified atom stereocenters. The van der Waals surface area contributed by atoms with Crippen LogP contribution >= 0.6 is 0 Å². The number of H-pyrrole nitrogens is 1. The van der Waals surface area contributed by atoms with Crippen LogP contribution in [0, 0.1) is 0 Å². The number of nitrogens with two attached hydrogens (primary N) is 1. The number of imidazole rings is 1. The standard InChI is InChI=1S/C11H10N4/c12-10-6-11-13-9(7-15(11)14-10)8-4-2-1-3-5-8/h1-7,14H,12H2. The molecule has 1 aromatic carbocycles. The van der Waals surface area contributed by atoms with Crippen LogP contribution in [0.25, 0.3) is 16.9 Å².